The van der Waals surface area contributed by atoms with Gasteiger partial charge < -0.3 is 18.9 Å². The van der Waals surface area contributed by atoms with Crippen molar-refractivity contribution < 1.29 is 23.7 Å². The van der Waals surface area contributed by atoms with E-state index in [2.05, 4.69) is 0 Å². The van der Waals surface area contributed by atoms with Gasteiger partial charge in [0.05, 0.1) is 39.9 Å². The molecule has 0 spiro atoms. The van der Waals surface area contributed by atoms with Gasteiger partial charge in [-0.25, -0.2) is 0 Å². The third-order valence-corrected chi connectivity index (χ3v) is 4.85. The Balaban J connectivity index is 3.11. The number of carbonyl (C=O) groups is 1. The highest BCUT2D eigenvalue weighted by Gasteiger charge is 2.44. The number of alkyl halides is 1. The molecule has 1 unspecified atom stereocenters. The number of ether oxygens (including phenoxy) is 4. The monoisotopic (exact) mass is 454 g/mol. The molecule has 25 heavy (non-hydrogen) atoms. The Kier molecular flexibility index (Phi) is 5.75. The number of allylic oxidation sites excluding steroid dienone is 2. The molecule has 130 valence electrons. The zero-order valence-electron chi connectivity index (χ0n) is 14.1. The van der Waals surface area contributed by atoms with Crippen LogP contribution in [-0.2, 0) is 0 Å². The van der Waals surface area contributed by atoms with Gasteiger partial charge in [0.15, 0.2) is 17.3 Å². The van der Waals surface area contributed by atoms with E-state index in [1.54, 1.807) is 0 Å². The van der Waals surface area contributed by atoms with Crippen LogP contribution in [0.5, 0.6) is 23.0 Å². The number of benzene rings is 1. The molecule has 1 aromatic rings. The van der Waals surface area contributed by atoms with E-state index in [0.717, 1.165) is 0 Å². The maximum Gasteiger partial charge on any atom is 0.208 e. The highest BCUT2D eigenvalue weighted by molar-refractivity contribution is 14.1. The van der Waals surface area contributed by atoms with Gasteiger partial charge in [0, 0.05) is 15.6 Å². The minimum Gasteiger partial charge on any atom is -0.492 e. The first kappa shape index (κ1) is 18.9. The van der Waals surface area contributed by atoms with Gasteiger partial charge in [0.1, 0.15) is 17.7 Å². The van der Waals surface area contributed by atoms with Crippen LogP contribution in [0.3, 0.4) is 0 Å². The van der Waals surface area contributed by atoms with Gasteiger partial charge in [-0.3, -0.25) is 4.79 Å². The van der Waals surface area contributed by atoms with E-state index in [9.17, 15) is 15.3 Å². The Hall–Kier alpha value is -2.46. The number of fused-ring (bicyclic) bond motifs is 1. The summed E-state index contributed by atoms with van der Waals surface area (Å²) in [7, 11) is 5.68. The molecule has 1 aromatic carbocycles. The number of nitriles is 2. The molecule has 0 saturated carbocycles. The lowest BCUT2D eigenvalue weighted by atomic mass is 9.95. The van der Waals surface area contributed by atoms with Crippen molar-refractivity contribution in [2.45, 2.75) is 0 Å². The summed E-state index contributed by atoms with van der Waals surface area (Å²) in [5, 5.41) is 18.7. The summed E-state index contributed by atoms with van der Waals surface area (Å²) in [6.07, 6.45) is 0. The minimum absolute atomic E-state index is 0.138. The normalized spacial score (nSPS) is 15.1. The highest BCUT2D eigenvalue weighted by Crippen LogP contribution is 2.57. The molecular formula is C17H15IN2O5. The fourth-order valence-corrected chi connectivity index (χ4v) is 3.82. The van der Waals surface area contributed by atoms with Crippen molar-refractivity contribution in [1.82, 2.24) is 0 Å². The van der Waals surface area contributed by atoms with E-state index < -0.39 is 5.92 Å². The molecule has 1 aliphatic rings. The number of rotatable bonds is 5. The fraction of sp³-hybridized carbons (Fsp3) is 0.353. The van der Waals surface area contributed by atoms with Crippen molar-refractivity contribution in [3.63, 3.8) is 0 Å². The van der Waals surface area contributed by atoms with Crippen LogP contribution in [0.4, 0.5) is 0 Å². The van der Waals surface area contributed by atoms with Crippen molar-refractivity contribution >= 4 is 33.9 Å². The Morgan fingerprint density at radius 2 is 1.36 bits per heavy atom. The molecule has 8 heteroatoms. The molecular weight excluding hydrogens is 439 g/mol. The van der Waals surface area contributed by atoms with E-state index in [4.69, 9.17) is 18.9 Å². The number of Topliss-reactive ketones (excluding diaryl/α,β-unsaturated/α-hetero) is 1. The van der Waals surface area contributed by atoms with Gasteiger partial charge in [0.25, 0.3) is 0 Å². The largest absolute Gasteiger partial charge is 0.492 e. The van der Waals surface area contributed by atoms with E-state index >= 15 is 0 Å². The molecule has 0 aromatic heterocycles. The molecule has 0 fully saturated rings. The quantitative estimate of drug-likeness (QED) is 0.383. The van der Waals surface area contributed by atoms with E-state index in [-0.39, 0.29) is 39.9 Å². The Labute approximate surface area is 158 Å². The molecule has 7 nitrogen and oxygen atoms in total. The van der Waals surface area contributed by atoms with Gasteiger partial charge in [0.2, 0.25) is 11.5 Å². The summed E-state index contributed by atoms with van der Waals surface area (Å²) in [4.78, 5) is 13.0. The first-order valence-corrected chi connectivity index (χ1v) is 8.63. The number of methoxy groups -OCH3 is 4. The molecule has 0 amide bonds. The predicted molar refractivity (Wildman–Crippen MR) is 97.5 cm³/mol. The van der Waals surface area contributed by atoms with Crippen LogP contribution in [0, 0.1) is 28.6 Å². The van der Waals surface area contributed by atoms with Crippen LogP contribution >= 0.6 is 22.6 Å². The Bertz CT molecular complexity index is 832. The summed E-state index contributed by atoms with van der Waals surface area (Å²) >= 11 is 2.05. The van der Waals surface area contributed by atoms with E-state index in [0.29, 0.717) is 15.6 Å². The molecule has 0 bridgehead atoms. The Morgan fingerprint density at radius 1 is 0.920 bits per heavy atom. The fourth-order valence-electron chi connectivity index (χ4n) is 2.98. The van der Waals surface area contributed by atoms with Crippen molar-refractivity contribution in [3.8, 4) is 35.1 Å². The van der Waals surface area contributed by atoms with Crippen LogP contribution < -0.4 is 18.9 Å². The molecule has 0 saturated heterocycles. The van der Waals surface area contributed by atoms with Gasteiger partial charge >= 0.3 is 0 Å². The average molecular weight is 454 g/mol. The second kappa shape index (κ2) is 7.62. The Morgan fingerprint density at radius 3 is 1.72 bits per heavy atom. The summed E-state index contributed by atoms with van der Waals surface area (Å²) in [5.74, 6) is -0.0230. The van der Waals surface area contributed by atoms with Crippen LogP contribution in [0.15, 0.2) is 5.57 Å². The lowest BCUT2D eigenvalue weighted by molar-refractivity contribution is 0.0965. The van der Waals surface area contributed by atoms with Gasteiger partial charge in [-0.15, -0.1) is 0 Å². The third-order valence-electron chi connectivity index (χ3n) is 3.97. The zero-order valence-corrected chi connectivity index (χ0v) is 16.3. The average Bonchev–Trinajstić information content (AvgIpc) is 2.93. The second-order valence-electron chi connectivity index (χ2n) is 4.97. The second-order valence-corrected chi connectivity index (χ2v) is 5.85. The molecule has 2 rings (SSSR count). The number of ketones is 1. The highest BCUT2D eigenvalue weighted by atomic mass is 127. The SMILES string of the molecule is COc1c(OC)c(OC)c2c(c1OC)C(=O)C(CI)C2=C(C#N)C#N. The standard InChI is InChI=1S/C17H15IN2O5/c1-22-14-11-10(8(6-19)7-20)9(5-18)13(21)12(11)15(23-2)17(25-4)16(14)24-3/h9H,5H2,1-4H3. The lowest BCUT2D eigenvalue weighted by Crippen LogP contribution is -2.11. The molecule has 1 atom stereocenters. The lowest BCUT2D eigenvalue weighted by Gasteiger charge is -2.19. The maximum atomic E-state index is 13.0. The molecule has 0 N–H and O–H groups in total. The zero-order chi connectivity index (χ0) is 18.7. The molecule has 1 aliphatic carbocycles. The first-order chi connectivity index (χ1) is 12.1. The number of hydrogen-bond acceptors (Lipinski definition) is 7. The van der Waals surface area contributed by atoms with E-state index in [1.807, 2.05) is 34.7 Å². The smallest absolute Gasteiger partial charge is 0.208 e. The van der Waals surface area contributed by atoms with Crippen LogP contribution in [-0.4, -0.2) is 38.6 Å². The number of hydrogen-bond donors (Lipinski definition) is 0. The van der Waals surface area contributed by atoms with Crippen molar-refractivity contribution in [1.29, 1.82) is 10.5 Å². The van der Waals surface area contributed by atoms with E-state index in [1.165, 1.54) is 28.4 Å². The van der Waals surface area contributed by atoms with Crippen LogP contribution in [0.1, 0.15) is 15.9 Å². The van der Waals surface area contributed by atoms with Crippen LogP contribution in [0.25, 0.3) is 5.57 Å². The summed E-state index contributed by atoms with van der Waals surface area (Å²) in [5.41, 5.74) is 0.773. The number of nitrogens with zero attached hydrogens (tertiary/aromatic N) is 2. The molecule has 0 heterocycles. The molecule has 0 aliphatic heterocycles. The molecule has 0 radical (unpaired) electrons. The van der Waals surface area contributed by atoms with Gasteiger partial charge in [-0.1, -0.05) is 22.6 Å². The van der Waals surface area contributed by atoms with Gasteiger partial charge in [-0.05, 0) is 0 Å². The maximum absolute atomic E-state index is 13.0. The van der Waals surface area contributed by atoms with Crippen molar-refractivity contribution in [3.05, 3.63) is 16.7 Å². The van der Waals surface area contributed by atoms with Crippen molar-refractivity contribution in [2.24, 2.45) is 5.92 Å². The van der Waals surface area contributed by atoms with Crippen LogP contribution in [0.2, 0.25) is 0 Å². The summed E-state index contributed by atoms with van der Waals surface area (Å²) in [6.45, 7) is 0. The topological polar surface area (TPSA) is 102 Å². The van der Waals surface area contributed by atoms with Gasteiger partial charge in [-0.2, -0.15) is 10.5 Å². The first-order valence-electron chi connectivity index (χ1n) is 7.10. The minimum atomic E-state index is -0.649. The van der Waals surface area contributed by atoms with Crippen molar-refractivity contribution in [2.75, 3.05) is 32.9 Å². The number of carbonyl (C=O) groups excluding carboxylic acids is 1. The number of halogens is 1. The predicted octanol–water partition coefficient (Wildman–Crippen LogP) is 2.77. The summed E-state index contributed by atoms with van der Waals surface area (Å²) in [6, 6.07) is 3.74. The summed E-state index contributed by atoms with van der Waals surface area (Å²) < 4.78 is 22.0. The third kappa shape index (κ3) is 2.67.